The first kappa shape index (κ1) is 19.4. The van der Waals surface area contributed by atoms with Gasteiger partial charge in [-0.25, -0.2) is 0 Å². The molecule has 2 aromatic carbocycles. The molecule has 0 aliphatic carbocycles. The summed E-state index contributed by atoms with van der Waals surface area (Å²) in [7, 11) is 0. The predicted molar refractivity (Wildman–Crippen MR) is 112 cm³/mol. The number of likely N-dealkylation sites (tertiary alicyclic amines) is 1. The van der Waals surface area contributed by atoms with E-state index in [-0.39, 0.29) is 18.4 Å². The van der Waals surface area contributed by atoms with Crippen LogP contribution in [0.3, 0.4) is 0 Å². The molecule has 1 saturated heterocycles. The summed E-state index contributed by atoms with van der Waals surface area (Å²) >= 11 is 0. The highest BCUT2D eigenvalue weighted by Gasteiger charge is 2.33. The number of nitrogens with zero attached hydrogens (tertiary/aromatic N) is 2. The summed E-state index contributed by atoms with van der Waals surface area (Å²) in [6.07, 6.45) is 7.56. The number of rotatable bonds is 7. The summed E-state index contributed by atoms with van der Waals surface area (Å²) in [6.45, 7) is 3.96. The summed E-state index contributed by atoms with van der Waals surface area (Å²) in [4.78, 5) is 28.4. The number of fused-ring (bicyclic) bond motifs is 1. The second-order valence-electron chi connectivity index (χ2n) is 7.53. The number of benzene rings is 2. The molecule has 2 amide bonds. The molecular weight excluding hydrogens is 364 g/mol. The van der Waals surface area contributed by atoms with Gasteiger partial charge in [-0.05, 0) is 61.8 Å². The van der Waals surface area contributed by atoms with E-state index in [1.165, 1.54) is 42.8 Å². The molecule has 2 aromatic rings. The Bertz CT molecular complexity index is 881. The Balaban J connectivity index is 1.26. The molecule has 5 nitrogen and oxygen atoms in total. The van der Waals surface area contributed by atoms with Crippen LogP contribution in [0.4, 0.5) is 0 Å². The first-order chi connectivity index (χ1) is 14.2. The number of piperidine rings is 1. The van der Waals surface area contributed by atoms with Crippen molar-refractivity contribution in [3.8, 4) is 5.75 Å². The molecule has 2 aliphatic rings. The van der Waals surface area contributed by atoms with Crippen LogP contribution >= 0.6 is 0 Å². The van der Waals surface area contributed by atoms with Crippen molar-refractivity contribution < 1.29 is 14.3 Å². The zero-order chi connectivity index (χ0) is 20.1. The number of carbonyl (C=O) groups excluding carboxylic acids is 2. The predicted octanol–water partition coefficient (Wildman–Crippen LogP) is 3.90. The first-order valence-electron chi connectivity index (χ1n) is 10.3. The summed E-state index contributed by atoms with van der Waals surface area (Å²) < 4.78 is 5.82. The van der Waals surface area contributed by atoms with Gasteiger partial charge in [0.2, 0.25) is 0 Å². The summed E-state index contributed by atoms with van der Waals surface area (Å²) in [5.74, 6) is 0.369. The highest BCUT2D eigenvalue weighted by atomic mass is 16.5. The van der Waals surface area contributed by atoms with Crippen LogP contribution in [0.2, 0.25) is 0 Å². The van der Waals surface area contributed by atoms with E-state index < -0.39 is 0 Å². The van der Waals surface area contributed by atoms with Gasteiger partial charge in [0.05, 0.1) is 11.1 Å². The van der Waals surface area contributed by atoms with E-state index in [9.17, 15) is 9.59 Å². The lowest BCUT2D eigenvalue weighted by atomic mass is 10.1. The molecule has 2 heterocycles. The van der Waals surface area contributed by atoms with Crippen LogP contribution in [0.5, 0.6) is 5.75 Å². The topological polar surface area (TPSA) is 49.9 Å². The molecule has 29 heavy (non-hydrogen) atoms. The number of ether oxygens (including phenoxy) is 1. The van der Waals surface area contributed by atoms with Gasteiger partial charge in [-0.2, -0.15) is 0 Å². The number of hydrogen-bond acceptors (Lipinski definition) is 4. The fourth-order valence-electron chi connectivity index (χ4n) is 3.91. The Hall–Kier alpha value is -2.92. The minimum absolute atomic E-state index is 0.235. The highest BCUT2D eigenvalue weighted by Crippen LogP contribution is 2.22. The molecule has 0 bridgehead atoms. The Labute approximate surface area is 171 Å². The quantitative estimate of drug-likeness (QED) is 0.531. The molecule has 0 radical (unpaired) electrons. The Morgan fingerprint density at radius 3 is 2.31 bits per heavy atom. The largest absolute Gasteiger partial charge is 0.490 e. The van der Waals surface area contributed by atoms with Gasteiger partial charge in [0.1, 0.15) is 12.4 Å². The molecule has 0 N–H and O–H groups in total. The van der Waals surface area contributed by atoms with Crippen molar-refractivity contribution in [2.45, 2.75) is 25.8 Å². The van der Waals surface area contributed by atoms with Gasteiger partial charge in [0.25, 0.3) is 11.8 Å². The Kier molecular flexibility index (Phi) is 6.06. The van der Waals surface area contributed by atoms with Gasteiger partial charge in [0, 0.05) is 13.1 Å². The van der Waals surface area contributed by atoms with E-state index in [4.69, 9.17) is 4.74 Å². The van der Waals surface area contributed by atoms with Crippen LogP contribution in [0.1, 0.15) is 45.5 Å². The van der Waals surface area contributed by atoms with Gasteiger partial charge in [-0.15, -0.1) is 0 Å². The zero-order valence-electron chi connectivity index (χ0n) is 16.5. The first-order valence-corrected chi connectivity index (χ1v) is 10.3. The molecule has 0 aromatic heterocycles. The number of imide groups is 1. The van der Waals surface area contributed by atoms with E-state index in [0.29, 0.717) is 17.7 Å². The standard InChI is InChI=1S/C24H26N2O3/c27-23-21-11-2-3-12-22(21)24(28)26(23)15-6-7-16-29-20-10-8-9-19(17-20)18-25-13-4-1-5-14-25/h2-3,6-12,17H,1,4-5,13-16,18H2/b7-6+. The smallest absolute Gasteiger partial charge is 0.261 e. The average Bonchev–Trinajstić information content (AvgIpc) is 2.99. The molecule has 0 unspecified atom stereocenters. The van der Waals surface area contributed by atoms with Gasteiger partial charge < -0.3 is 4.74 Å². The fraction of sp³-hybridized carbons (Fsp3) is 0.333. The van der Waals surface area contributed by atoms with Crippen molar-refractivity contribution in [1.29, 1.82) is 0 Å². The maximum absolute atomic E-state index is 12.3. The molecular formula is C24H26N2O3. The lowest BCUT2D eigenvalue weighted by Gasteiger charge is -2.26. The maximum atomic E-state index is 12.3. The van der Waals surface area contributed by atoms with Crippen LogP contribution in [0.15, 0.2) is 60.7 Å². The molecule has 5 heteroatoms. The second kappa shape index (κ2) is 9.05. The maximum Gasteiger partial charge on any atom is 0.261 e. The second-order valence-corrected chi connectivity index (χ2v) is 7.53. The van der Waals surface area contributed by atoms with Crippen molar-refractivity contribution in [3.63, 3.8) is 0 Å². The summed E-state index contributed by atoms with van der Waals surface area (Å²) in [5.41, 5.74) is 2.22. The Morgan fingerprint density at radius 1 is 0.862 bits per heavy atom. The van der Waals surface area contributed by atoms with Crippen LogP contribution < -0.4 is 4.74 Å². The normalized spacial score (nSPS) is 17.2. The zero-order valence-corrected chi connectivity index (χ0v) is 16.5. The van der Waals surface area contributed by atoms with E-state index in [0.717, 1.165) is 12.3 Å². The molecule has 4 rings (SSSR count). The summed E-state index contributed by atoms with van der Waals surface area (Å²) in [5, 5.41) is 0. The lowest BCUT2D eigenvalue weighted by Crippen LogP contribution is -2.29. The van der Waals surface area contributed by atoms with E-state index in [1.54, 1.807) is 30.3 Å². The third-order valence-electron chi connectivity index (χ3n) is 5.43. The minimum Gasteiger partial charge on any atom is -0.490 e. The molecule has 0 atom stereocenters. The Morgan fingerprint density at radius 2 is 1.59 bits per heavy atom. The van der Waals surface area contributed by atoms with Crippen LogP contribution in [-0.2, 0) is 6.54 Å². The molecule has 2 aliphatic heterocycles. The molecule has 0 spiro atoms. The van der Waals surface area contributed by atoms with Crippen molar-refractivity contribution in [2.75, 3.05) is 26.2 Å². The van der Waals surface area contributed by atoms with Gasteiger partial charge in [-0.3, -0.25) is 19.4 Å². The van der Waals surface area contributed by atoms with Crippen LogP contribution in [0.25, 0.3) is 0 Å². The van der Waals surface area contributed by atoms with E-state index in [2.05, 4.69) is 17.0 Å². The summed E-state index contributed by atoms with van der Waals surface area (Å²) in [6, 6.07) is 15.1. The molecule has 1 fully saturated rings. The SMILES string of the molecule is O=C1c2ccccc2C(=O)N1C/C=C/COc1cccc(CN2CCCCC2)c1. The molecule has 0 saturated carbocycles. The van der Waals surface area contributed by atoms with Crippen molar-refractivity contribution in [3.05, 3.63) is 77.4 Å². The number of amides is 2. The minimum atomic E-state index is -0.235. The fourth-order valence-corrected chi connectivity index (χ4v) is 3.91. The van der Waals surface area contributed by atoms with Gasteiger partial charge >= 0.3 is 0 Å². The third-order valence-corrected chi connectivity index (χ3v) is 5.43. The van der Waals surface area contributed by atoms with Gasteiger partial charge in [0.15, 0.2) is 0 Å². The van der Waals surface area contributed by atoms with Crippen molar-refractivity contribution in [1.82, 2.24) is 9.80 Å². The highest BCUT2D eigenvalue weighted by molar-refractivity contribution is 6.21. The monoisotopic (exact) mass is 390 g/mol. The number of carbonyl (C=O) groups is 2. The molecule has 150 valence electrons. The van der Waals surface area contributed by atoms with Crippen LogP contribution in [0, 0.1) is 0 Å². The van der Waals surface area contributed by atoms with Gasteiger partial charge in [-0.1, -0.05) is 36.8 Å². The average molecular weight is 390 g/mol. The third kappa shape index (κ3) is 4.57. The van der Waals surface area contributed by atoms with Crippen molar-refractivity contribution in [2.24, 2.45) is 0 Å². The van der Waals surface area contributed by atoms with E-state index >= 15 is 0 Å². The van der Waals surface area contributed by atoms with E-state index in [1.807, 2.05) is 18.2 Å². The van der Waals surface area contributed by atoms with Crippen LogP contribution in [-0.4, -0.2) is 47.9 Å². The van der Waals surface area contributed by atoms with Crippen molar-refractivity contribution >= 4 is 11.8 Å². The number of hydrogen-bond donors (Lipinski definition) is 0. The lowest BCUT2D eigenvalue weighted by molar-refractivity contribution is 0.0671.